The minimum atomic E-state index is -4.83. The van der Waals surface area contributed by atoms with E-state index in [9.17, 15) is 22.7 Å². The number of aliphatic hydroxyl groups is 1. The Hall–Kier alpha value is -1.99. The van der Waals surface area contributed by atoms with Gasteiger partial charge >= 0.3 is 6.18 Å². The highest BCUT2D eigenvalue weighted by Crippen LogP contribution is 2.44. The summed E-state index contributed by atoms with van der Waals surface area (Å²) in [6.07, 6.45) is -2.81. The van der Waals surface area contributed by atoms with E-state index in [1.54, 1.807) is 45.3 Å². The average Bonchev–Trinajstić information content (AvgIpc) is 2.97. The van der Waals surface area contributed by atoms with Crippen molar-refractivity contribution in [3.8, 4) is 0 Å². The zero-order valence-electron chi connectivity index (χ0n) is 15.8. The normalized spacial score (nSPS) is 15.0. The molecule has 1 atom stereocenters. The summed E-state index contributed by atoms with van der Waals surface area (Å²) >= 11 is 1.19. The molecular formula is C21H21F4NOS. The molecule has 0 fully saturated rings. The van der Waals surface area contributed by atoms with Crippen LogP contribution in [0, 0.1) is 12.7 Å². The molecule has 7 heteroatoms. The second-order valence-corrected chi connectivity index (χ2v) is 9.02. The predicted molar refractivity (Wildman–Crippen MR) is 103 cm³/mol. The Morgan fingerprint density at radius 1 is 1.11 bits per heavy atom. The van der Waals surface area contributed by atoms with E-state index in [-0.39, 0.29) is 0 Å². The Morgan fingerprint density at radius 2 is 1.82 bits per heavy atom. The molecule has 2 heterocycles. The van der Waals surface area contributed by atoms with Crippen LogP contribution in [0.5, 0.6) is 0 Å². The number of aryl methyl sites for hydroxylation is 1. The van der Waals surface area contributed by atoms with Gasteiger partial charge < -0.3 is 5.11 Å². The van der Waals surface area contributed by atoms with Crippen LogP contribution in [0.4, 0.5) is 17.6 Å². The number of hydrogen-bond donors (Lipinski definition) is 1. The van der Waals surface area contributed by atoms with E-state index in [2.05, 4.69) is 4.98 Å². The number of hydrogen-bond acceptors (Lipinski definition) is 3. The molecular weight excluding hydrogens is 390 g/mol. The first-order valence-electron chi connectivity index (χ1n) is 8.79. The van der Waals surface area contributed by atoms with Crippen molar-refractivity contribution < 1.29 is 22.7 Å². The highest BCUT2D eigenvalue weighted by molar-refractivity contribution is 7.19. The van der Waals surface area contributed by atoms with E-state index in [0.717, 1.165) is 10.1 Å². The quantitative estimate of drug-likeness (QED) is 0.527. The van der Waals surface area contributed by atoms with Crippen molar-refractivity contribution >= 4 is 21.4 Å². The summed E-state index contributed by atoms with van der Waals surface area (Å²) in [5.41, 5.74) is -2.89. The van der Waals surface area contributed by atoms with E-state index in [4.69, 9.17) is 0 Å². The monoisotopic (exact) mass is 411 g/mol. The van der Waals surface area contributed by atoms with Gasteiger partial charge in [0.15, 0.2) is 5.60 Å². The molecule has 0 saturated carbocycles. The first-order chi connectivity index (χ1) is 12.9. The van der Waals surface area contributed by atoms with E-state index < -0.39 is 35.9 Å². The molecule has 2 aromatic heterocycles. The van der Waals surface area contributed by atoms with Gasteiger partial charge in [-0.3, -0.25) is 4.98 Å². The Balaban J connectivity index is 1.98. The summed E-state index contributed by atoms with van der Waals surface area (Å²) in [4.78, 5) is 4.40. The molecule has 0 aliphatic rings. The van der Waals surface area contributed by atoms with Gasteiger partial charge in [0.05, 0.1) is 4.70 Å². The van der Waals surface area contributed by atoms with Crippen molar-refractivity contribution in [1.29, 1.82) is 0 Å². The van der Waals surface area contributed by atoms with Gasteiger partial charge in [-0.1, -0.05) is 19.9 Å². The first-order valence-corrected chi connectivity index (χ1v) is 9.61. The van der Waals surface area contributed by atoms with Gasteiger partial charge in [0.1, 0.15) is 5.82 Å². The Kier molecular flexibility index (Phi) is 5.27. The van der Waals surface area contributed by atoms with Crippen molar-refractivity contribution in [1.82, 2.24) is 4.98 Å². The number of thiophene rings is 1. The molecule has 0 spiro atoms. The summed E-state index contributed by atoms with van der Waals surface area (Å²) in [6.45, 7) is 4.92. The zero-order valence-corrected chi connectivity index (χ0v) is 16.6. The number of pyridine rings is 1. The molecule has 3 rings (SSSR count). The van der Waals surface area contributed by atoms with E-state index in [1.807, 2.05) is 0 Å². The molecule has 0 aliphatic heterocycles. The maximum absolute atomic E-state index is 13.9. The maximum atomic E-state index is 13.9. The van der Waals surface area contributed by atoms with Crippen molar-refractivity contribution in [3.63, 3.8) is 0 Å². The number of fused-ring (bicyclic) bond motifs is 1. The molecule has 0 aliphatic carbocycles. The molecule has 2 nitrogen and oxygen atoms in total. The maximum Gasteiger partial charge on any atom is 0.417 e. The first kappa shape index (κ1) is 20.7. The number of halogens is 4. The van der Waals surface area contributed by atoms with Gasteiger partial charge in [-0.15, -0.1) is 11.3 Å². The van der Waals surface area contributed by atoms with E-state index in [1.165, 1.54) is 29.5 Å². The Labute approximate surface area is 164 Å². The number of nitrogens with zero attached hydrogens (tertiary/aromatic N) is 1. The lowest BCUT2D eigenvalue weighted by atomic mass is 9.72. The van der Waals surface area contributed by atoms with Crippen molar-refractivity contribution in [2.75, 3.05) is 0 Å². The van der Waals surface area contributed by atoms with E-state index >= 15 is 0 Å². The topological polar surface area (TPSA) is 33.1 Å². The van der Waals surface area contributed by atoms with Crippen LogP contribution in [0.15, 0.2) is 42.7 Å². The second kappa shape index (κ2) is 7.12. The van der Waals surface area contributed by atoms with Crippen LogP contribution < -0.4 is 0 Å². The number of alkyl halides is 3. The van der Waals surface area contributed by atoms with Crippen molar-refractivity contribution in [3.05, 3.63) is 64.5 Å². The highest BCUT2D eigenvalue weighted by Gasteiger charge is 2.56. The van der Waals surface area contributed by atoms with Crippen molar-refractivity contribution in [2.24, 2.45) is 0 Å². The van der Waals surface area contributed by atoms with Gasteiger partial charge in [0.25, 0.3) is 0 Å². The molecule has 0 saturated heterocycles. The molecule has 150 valence electrons. The average molecular weight is 411 g/mol. The molecule has 1 N–H and O–H groups in total. The summed E-state index contributed by atoms with van der Waals surface area (Å²) in [6, 6.07) is 7.44. The zero-order chi connectivity index (χ0) is 20.7. The molecule has 0 radical (unpaired) electrons. The van der Waals surface area contributed by atoms with Gasteiger partial charge in [-0.2, -0.15) is 13.2 Å². The number of aromatic nitrogens is 1. The second-order valence-electron chi connectivity index (χ2n) is 7.85. The van der Waals surface area contributed by atoms with Crippen LogP contribution >= 0.6 is 11.3 Å². The largest absolute Gasteiger partial charge is 0.417 e. The summed E-state index contributed by atoms with van der Waals surface area (Å²) < 4.78 is 56.3. The van der Waals surface area contributed by atoms with E-state index in [0.29, 0.717) is 16.0 Å². The standard InChI is InChI=1S/C21H21F4NOS/c1-13-4-5-15(22)9-17(13)19(2,3)12-20(27,21(23,24)25)10-16-8-14-6-7-26-11-18(14)28-16/h4-9,11,27H,10,12H2,1-3H3. The summed E-state index contributed by atoms with van der Waals surface area (Å²) in [5, 5.41) is 11.5. The summed E-state index contributed by atoms with van der Waals surface area (Å²) in [5.74, 6) is -0.513. The molecule has 1 unspecified atom stereocenters. The van der Waals surface area contributed by atoms with Crippen LogP contribution in [0.1, 0.15) is 36.3 Å². The lowest BCUT2D eigenvalue weighted by Gasteiger charge is -2.38. The van der Waals surface area contributed by atoms with Crippen LogP contribution in [0.2, 0.25) is 0 Å². The fourth-order valence-electron chi connectivity index (χ4n) is 3.73. The fourth-order valence-corrected chi connectivity index (χ4v) is 4.87. The van der Waals surface area contributed by atoms with Crippen LogP contribution in [-0.2, 0) is 11.8 Å². The Morgan fingerprint density at radius 3 is 2.46 bits per heavy atom. The SMILES string of the molecule is Cc1ccc(F)cc1C(C)(C)CC(O)(Cc1cc2ccncc2s1)C(F)(F)F. The molecule has 0 amide bonds. The third-order valence-corrected chi connectivity index (χ3v) is 6.12. The highest BCUT2D eigenvalue weighted by atomic mass is 32.1. The van der Waals surface area contributed by atoms with Gasteiger partial charge in [-0.05, 0) is 59.5 Å². The molecule has 3 aromatic rings. The number of rotatable bonds is 5. The third-order valence-electron chi connectivity index (χ3n) is 5.03. The lowest BCUT2D eigenvalue weighted by Crippen LogP contribution is -2.50. The lowest BCUT2D eigenvalue weighted by molar-refractivity contribution is -0.266. The molecule has 0 bridgehead atoms. The van der Waals surface area contributed by atoms with Crippen LogP contribution in [-0.4, -0.2) is 21.9 Å². The minimum absolute atomic E-state index is 0.426. The number of benzene rings is 1. The minimum Gasteiger partial charge on any atom is -0.380 e. The van der Waals surface area contributed by atoms with Gasteiger partial charge in [0, 0.05) is 23.7 Å². The van der Waals surface area contributed by atoms with Crippen LogP contribution in [0.3, 0.4) is 0 Å². The smallest absolute Gasteiger partial charge is 0.380 e. The summed E-state index contributed by atoms with van der Waals surface area (Å²) in [7, 11) is 0. The fraction of sp³-hybridized carbons (Fsp3) is 0.381. The van der Waals surface area contributed by atoms with Crippen molar-refractivity contribution in [2.45, 2.75) is 50.8 Å². The Bertz CT molecular complexity index is 962. The van der Waals surface area contributed by atoms with Gasteiger partial charge in [0.2, 0.25) is 0 Å². The third kappa shape index (κ3) is 4.05. The van der Waals surface area contributed by atoms with Gasteiger partial charge in [-0.25, -0.2) is 4.39 Å². The van der Waals surface area contributed by atoms with Crippen LogP contribution in [0.25, 0.3) is 10.1 Å². The predicted octanol–water partition coefficient (Wildman–Crippen LogP) is 5.95. The molecule has 28 heavy (non-hydrogen) atoms. The molecule has 1 aromatic carbocycles.